The molecular formula is C25H29ClN6. The third-order valence-corrected chi connectivity index (χ3v) is 5.32. The molecule has 0 fully saturated rings. The van der Waals surface area contributed by atoms with Gasteiger partial charge in [0.05, 0.1) is 16.4 Å². The highest BCUT2D eigenvalue weighted by Crippen LogP contribution is 2.36. The van der Waals surface area contributed by atoms with Crippen molar-refractivity contribution in [2.75, 3.05) is 26.0 Å². The first-order valence-electron chi connectivity index (χ1n) is 10.7. The average molecular weight is 449 g/mol. The Morgan fingerprint density at radius 2 is 1.84 bits per heavy atom. The molecule has 0 saturated heterocycles. The molecule has 1 aromatic carbocycles. The molecule has 4 aromatic rings. The molecule has 0 amide bonds. The number of aromatic nitrogens is 4. The zero-order valence-electron chi connectivity index (χ0n) is 19.2. The normalized spacial score (nSPS) is 12.0. The lowest BCUT2D eigenvalue weighted by atomic mass is 9.97. The Balaban J connectivity index is 1.87. The fourth-order valence-electron chi connectivity index (χ4n) is 3.56. The zero-order chi connectivity index (χ0) is 22.9. The summed E-state index contributed by atoms with van der Waals surface area (Å²) < 4.78 is 2.08. The van der Waals surface area contributed by atoms with E-state index in [0.29, 0.717) is 11.0 Å². The first-order valence-corrected chi connectivity index (χ1v) is 11.1. The Kier molecular flexibility index (Phi) is 6.17. The van der Waals surface area contributed by atoms with Gasteiger partial charge in [-0.3, -0.25) is 4.40 Å². The summed E-state index contributed by atoms with van der Waals surface area (Å²) in [5.41, 5.74) is 5.54. The van der Waals surface area contributed by atoms with Crippen LogP contribution >= 0.6 is 11.6 Å². The van der Waals surface area contributed by atoms with Crippen LogP contribution in [0.5, 0.6) is 0 Å². The molecule has 166 valence electrons. The molecule has 0 aliphatic carbocycles. The van der Waals surface area contributed by atoms with E-state index in [-0.39, 0.29) is 5.41 Å². The highest BCUT2D eigenvalue weighted by atomic mass is 35.5. The maximum absolute atomic E-state index is 6.58. The number of imidazole rings is 1. The molecule has 0 bridgehead atoms. The number of anilines is 1. The summed E-state index contributed by atoms with van der Waals surface area (Å²) in [6, 6.07) is 13.9. The second-order valence-electron chi connectivity index (χ2n) is 9.47. The lowest BCUT2D eigenvalue weighted by Crippen LogP contribution is -2.20. The summed E-state index contributed by atoms with van der Waals surface area (Å²) in [4.78, 5) is 16.4. The van der Waals surface area contributed by atoms with E-state index < -0.39 is 0 Å². The van der Waals surface area contributed by atoms with Crippen LogP contribution in [-0.4, -0.2) is 44.9 Å². The largest absolute Gasteiger partial charge is 0.354 e. The molecule has 0 spiro atoms. The van der Waals surface area contributed by atoms with Gasteiger partial charge in [0.25, 0.3) is 0 Å². The van der Waals surface area contributed by atoms with Crippen LogP contribution in [0.25, 0.3) is 28.3 Å². The molecule has 3 heterocycles. The van der Waals surface area contributed by atoms with Gasteiger partial charge in [0.2, 0.25) is 5.95 Å². The third-order valence-electron chi connectivity index (χ3n) is 4.99. The van der Waals surface area contributed by atoms with Gasteiger partial charge < -0.3 is 10.2 Å². The average Bonchev–Trinajstić information content (AvgIpc) is 3.10. The van der Waals surface area contributed by atoms with Crippen LogP contribution in [-0.2, 0) is 6.54 Å². The van der Waals surface area contributed by atoms with E-state index in [2.05, 4.69) is 72.8 Å². The summed E-state index contributed by atoms with van der Waals surface area (Å²) in [7, 11) is 4.12. The van der Waals surface area contributed by atoms with Crippen LogP contribution in [0.3, 0.4) is 0 Å². The van der Waals surface area contributed by atoms with Gasteiger partial charge in [0, 0.05) is 31.0 Å². The summed E-state index contributed by atoms with van der Waals surface area (Å²) in [6.07, 6.45) is 3.84. The number of nitrogens with one attached hydrogen (secondary N) is 1. The lowest BCUT2D eigenvalue weighted by molar-refractivity contribution is 0.402. The fraction of sp³-hybridized carbons (Fsp3) is 0.320. The molecular weight excluding hydrogens is 420 g/mol. The molecule has 0 atom stereocenters. The van der Waals surface area contributed by atoms with Gasteiger partial charge in [-0.2, -0.15) is 0 Å². The number of hydrogen-bond donors (Lipinski definition) is 1. The highest BCUT2D eigenvalue weighted by Gasteiger charge is 2.20. The molecule has 0 saturated carbocycles. The quantitative estimate of drug-likeness (QED) is 0.414. The predicted molar refractivity (Wildman–Crippen MR) is 132 cm³/mol. The van der Waals surface area contributed by atoms with Crippen molar-refractivity contribution in [1.29, 1.82) is 0 Å². The van der Waals surface area contributed by atoms with Crippen LogP contribution in [0.15, 0.2) is 54.9 Å². The molecule has 1 N–H and O–H groups in total. The zero-order valence-corrected chi connectivity index (χ0v) is 20.0. The predicted octanol–water partition coefficient (Wildman–Crippen LogP) is 5.63. The van der Waals surface area contributed by atoms with Gasteiger partial charge in [-0.25, -0.2) is 15.0 Å². The number of halogens is 1. The van der Waals surface area contributed by atoms with Crippen molar-refractivity contribution in [1.82, 2.24) is 24.3 Å². The van der Waals surface area contributed by atoms with Crippen LogP contribution in [0, 0.1) is 5.41 Å². The number of benzene rings is 1. The van der Waals surface area contributed by atoms with E-state index in [1.54, 1.807) is 6.20 Å². The third kappa shape index (κ3) is 4.92. The Hall–Kier alpha value is -2.96. The Morgan fingerprint density at radius 3 is 2.56 bits per heavy atom. The van der Waals surface area contributed by atoms with Gasteiger partial charge >= 0.3 is 0 Å². The second-order valence-corrected chi connectivity index (χ2v) is 9.88. The smallest absolute Gasteiger partial charge is 0.223 e. The van der Waals surface area contributed by atoms with Gasteiger partial charge in [0.1, 0.15) is 11.3 Å². The van der Waals surface area contributed by atoms with Crippen molar-refractivity contribution >= 4 is 23.2 Å². The van der Waals surface area contributed by atoms with Gasteiger partial charge in [-0.15, -0.1) is 0 Å². The summed E-state index contributed by atoms with van der Waals surface area (Å²) >= 11 is 6.58. The van der Waals surface area contributed by atoms with E-state index in [4.69, 9.17) is 21.6 Å². The van der Waals surface area contributed by atoms with Crippen LogP contribution < -0.4 is 5.32 Å². The van der Waals surface area contributed by atoms with Gasteiger partial charge in [0.15, 0.2) is 0 Å². The van der Waals surface area contributed by atoms with Gasteiger partial charge in [-0.05, 0) is 49.3 Å². The lowest BCUT2D eigenvalue weighted by Gasteiger charge is -2.18. The van der Waals surface area contributed by atoms with Crippen molar-refractivity contribution in [2.45, 2.75) is 27.3 Å². The Labute approximate surface area is 194 Å². The van der Waals surface area contributed by atoms with E-state index in [1.165, 1.54) is 5.56 Å². The minimum Gasteiger partial charge on any atom is -0.354 e. The van der Waals surface area contributed by atoms with E-state index >= 15 is 0 Å². The molecule has 0 radical (unpaired) electrons. The molecule has 4 rings (SSSR count). The topological polar surface area (TPSA) is 58.4 Å². The van der Waals surface area contributed by atoms with Crippen molar-refractivity contribution in [2.24, 2.45) is 5.41 Å². The molecule has 0 aliphatic heterocycles. The van der Waals surface area contributed by atoms with Crippen LogP contribution in [0.2, 0.25) is 5.02 Å². The Bertz CT molecular complexity index is 1240. The SMILES string of the molecule is CN(C)Cc1ccn2c(-c3ccnc(NCC(C)(C)C)n3)c(-c3ccccc3Cl)nc2c1. The van der Waals surface area contributed by atoms with Crippen LogP contribution in [0.4, 0.5) is 5.95 Å². The Morgan fingerprint density at radius 1 is 1.06 bits per heavy atom. The van der Waals surface area contributed by atoms with Crippen molar-refractivity contribution in [3.63, 3.8) is 0 Å². The molecule has 0 aliphatic rings. The van der Waals surface area contributed by atoms with E-state index in [9.17, 15) is 0 Å². The molecule has 32 heavy (non-hydrogen) atoms. The number of pyridine rings is 1. The minimum atomic E-state index is 0.119. The molecule has 3 aromatic heterocycles. The maximum Gasteiger partial charge on any atom is 0.223 e. The summed E-state index contributed by atoms with van der Waals surface area (Å²) in [6.45, 7) is 8.14. The standard InChI is InChI=1S/C25H29ClN6/c1-25(2,3)16-28-24-27-12-10-20(29-24)23-22(18-8-6-7-9-19(18)26)30-21-14-17(15-31(4)5)11-13-32(21)23/h6-14H,15-16H2,1-5H3,(H,27,28,29). The molecule has 0 unspecified atom stereocenters. The first kappa shape index (κ1) is 22.2. The first-order chi connectivity index (χ1) is 15.2. The van der Waals surface area contributed by atoms with Crippen LogP contribution in [0.1, 0.15) is 26.3 Å². The highest BCUT2D eigenvalue weighted by molar-refractivity contribution is 6.33. The molecule has 6 nitrogen and oxygen atoms in total. The van der Waals surface area contributed by atoms with Crippen molar-refractivity contribution in [3.8, 4) is 22.6 Å². The van der Waals surface area contributed by atoms with E-state index in [1.807, 2.05) is 30.3 Å². The van der Waals surface area contributed by atoms with Crippen molar-refractivity contribution in [3.05, 3.63) is 65.4 Å². The monoisotopic (exact) mass is 448 g/mol. The number of nitrogens with zero attached hydrogens (tertiary/aromatic N) is 5. The van der Waals surface area contributed by atoms with E-state index in [0.717, 1.165) is 41.4 Å². The summed E-state index contributed by atoms with van der Waals surface area (Å²) in [5.74, 6) is 0.599. The second kappa shape index (κ2) is 8.88. The number of fused-ring (bicyclic) bond motifs is 1. The summed E-state index contributed by atoms with van der Waals surface area (Å²) in [5, 5.41) is 4.01. The maximum atomic E-state index is 6.58. The van der Waals surface area contributed by atoms with Crippen molar-refractivity contribution < 1.29 is 0 Å². The minimum absolute atomic E-state index is 0.119. The number of hydrogen-bond acceptors (Lipinski definition) is 5. The fourth-order valence-corrected chi connectivity index (χ4v) is 3.78. The number of rotatable bonds is 6. The molecule has 7 heteroatoms. The van der Waals surface area contributed by atoms with Gasteiger partial charge in [-0.1, -0.05) is 50.6 Å².